The molecule has 4 heteroatoms. The van der Waals surface area contributed by atoms with Gasteiger partial charge in [0.1, 0.15) is 0 Å². The monoisotopic (exact) mass is 259 g/mol. The standard InChI is InChI=1S/C15H17NO3/c1-10-8-13(15(17)18)11(2)16(10)14-7-5-4-6-12(14)9-19-3/h4-8H,9H2,1-3H3,(H,17,18). The van der Waals surface area contributed by atoms with Gasteiger partial charge in [0, 0.05) is 24.1 Å². The zero-order valence-corrected chi connectivity index (χ0v) is 11.3. The van der Waals surface area contributed by atoms with Crippen molar-refractivity contribution in [3.63, 3.8) is 0 Å². The van der Waals surface area contributed by atoms with Gasteiger partial charge in [0.15, 0.2) is 0 Å². The first-order valence-corrected chi connectivity index (χ1v) is 6.05. The van der Waals surface area contributed by atoms with Crippen molar-refractivity contribution in [2.24, 2.45) is 0 Å². The molecule has 1 aromatic heterocycles. The Hall–Kier alpha value is -2.07. The molecule has 0 aliphatic carbocycles. The fourth-order valence-corrected chi connectivity index (χ4v) is 2.36. The summed E-state index contributed by atoms with van der Waals surface area (Å²) in [6, 6.07) is 9.54. The number of para-hydroxylation sites is 1. The summed E-state index contributed by atoms with van der Waals surface area (Å²) >= 11 is 0. The van der Waals surface area contributed by atoms with Gasteiger partial charge in [-0.05, 0) is 26.0 Å². The third-order valence-corrected chi connectivity index (χ3v) is 3.19. The van der Waals surface area contributed by atoms with Crippen molar-refractivity contribution < 1.29 is 14.6 Å². The van der Waals surface area contributed by atoms with Crippen LogP contribution in [0.4, 0.5) is 0 Å². The third-order valence-electron chi connectivity index (χ3n) is 3.19. The van der Waals surface area contributed by atoms with E-state index in [4.69, 9.17) is 4.74 Å². The molecule has 0 saturated heterocycles. The molecule has 0 bridgehead atoms. The number of rotatable bonds is 4. The average Bonchev–Trinajstić information content (AvgIpc) is 2.66. The second-order valence-electron chi connectivity index (χ2n) is 4.49. The van der Waals surface area contributed by atoms with E-state index in [0.717, 1.165) is 22.6 Å². The molecule has 4 nitrogen and oxygen atoms in total. The van der Waals surface area contributed by atoms with E-state index in [1.165, 1.54) is 0 Å². The van der Waals surface area contributed by atoms with Gasteiger partial charge in [-0.1, -0.05) is 18.2 Å². The lowest BCUT2D eigenvalue weighted by Gasteiger charge is -2.14. The molecule has 0 atom stereocenters. The molecule has 0 radical (unpaired) electrons. The van der Waals surface area contributed by atoms with Gasteiger partial charge < -0.3 is 14.4 Å². The molecule has 0 aliphatic heterocycles. The fraction of sp³-hybridized carbons (Fsp3) is 0.267. The van der Waals surface area contributed by atoms with Crippen molar-refractivity contribution in [3.05, 3.63) is 52.8 Å². The molecule has 100 valence electrons. The number of hydrogen-bond donors (Lipinski definition) is 1. The molecule has 0 fully saturated rings. The van der Waals surface area contributed by atoms with E-state index in [9.17, 15) is 9.90 Å². The van der Waals surface area contributed by atoms with Crippen LogP contribution in [0, 0.1) is 13.8 Å². The number of methoxy groups -OCH3 is 1. The van der Waals surface area contributed by atoms with Gasteiger partial charge in [0.05, 0.1) is 17.9 Å². The van der Waals surface area contributed by atoms with Crippen molar-refractivity contribution in [1.29, 1.82) is 0 Å². The Bertz CT molecular complexity index is 614. The van der Waals surface area contributed by atoms with Gasteiger partial charge in [0.2, 0.25) is 0 Å². The number of hydrogen-bond acceptors (Lipinski definition) is 2. The molecular formula is C15H17NO3. The highest BCUT2D eigenvalue weighted by atomic mass is 16.5. The molecule has 19 heavy (non-hydrogen) atoms. The van der Waals surface area contributed by atoms with Gasteiger partial charge in [0.25, 0.3) is 0 Å². The fourth-order valence-electron chi connectivity index (χ4n) is 2.36. The van der Waals surface area contributed by atoms with Crippen molar-refractivity contribution in [3.8, 4) is 5.69 Å². The summed E-state index contributed by atoms with van der Waals surface area (Å²) < 4.78 is 7.15. The molecule has 1 N–H and O–H groups in total. The minimum Gasteiger partial charge on any atom is -0.478 e. The van der Waals surface area contributed by atoms with E-state index in [-0.39, 0.29) is 0 Å². The van der Waals surface area contributed by atoms with E-state index < -0.39 is 5.97 Å². The van der Waals surface area contributed by atoms with Crippen LogP contribution >= 0.6 is 0 Å². The first-order valence-electron chi connectivity index (χ1n) is 6.05. The van der Waals surface area contributed by atoms with Gasteiger partial charge in [-0.3, -0.25) is 0 Å². The summed E-state index contributed by atoms with van der Waals surface area (Å²) in [4.78, 5) is 11.2. The Kier molecular flexibility index (Phi) is 3.71. The van der Waals surface area contributed by atoms with Crippen LogP contribution in [0.2, 0.25) is 0 Å². The molecule has 1 aromatic carbocycles. The van der Waals surface area contributed by atoms with E-state index in [1.54, 1.807) is 13.2 Å². The molecule has 0 spiro atoms. The number of ether oxygens (including phenoxy) is 1. The number of carboxylic acid groups (broad SMARTS) is 1. The zero-order chi connectivity index (χ0) is 14.0. The Morgan fingerprint density at radius 2 is 2.00 bits per heavy atom. The smallest absolute Gasteiger partial charge is 0.337 e. The maximum Gasteiger partial charge on any atom is 0.337 e. The van der Waals surface area contributed by atoms with E-state index in [0.29, 0.717) is 12.2 Å². The average molecular weight is 259 g/mol. The van der Waals surface area contributed by atoms with Crippen LogP contribution < -0.4 is 0 Å². The topological polar surface area (TPSA) is 51.5 Å². The minimum atomic E-state index is -0.899. The summed E-state index contributed by atoms with van der Waals surface area (Å²) in [5, 5.41) is 9.18. The third kappa shape index (κ3) is 2.39. The highest BCUT2D eigenvalue weighted by molar-refractivity contribution is 5.89. The van der Waals surface area contributed by atoms with E-state index >= 15 is 0 Å². The molecule has 0 unspecified atom stereocenters. The van der Waals surface area contributed by atoms with Gasteiger partial charge in [-0.15, -0.1) is 0 Å². The van der Waals surface area contributed by atoms with Crippen LogP contribution in [-0.4, -0.2) is 22.8 Å². The Labute approximate surface area is 112 Å². The predicted molar refractivity (Wildman–Crippen MR) is 72.9 cm³/mol. The zero-order valence-electron chi connectivity index (χ0n) is 11.3. The summed E-state index contributed by atoms with van der Waals surface area (Å²) in [6.45, 7) is 4.22. The maximum absolute atomic E-state index is 11.2. The van der Waals surface area contributed by atoms with Crippen LogP contribution in [0.5, 0.6) is 0 Å². The second-order valence-corrected chi connectivity index (χ2v) is 4.49. The number of carboxylic acids is 1. The van der Waals surface area contributed by atoms with Gasteiger partial charge in [-0.2, -0.15) is 0 Å². The number of nitrogens with zero attached hydrogens (tertiary/aromatic N) is 1. The van der Waals surface area contributed by atoms with E-state index in [1.807, 2.05) is 42.7 Å². The molecule has 0 saturated carbocycles. The van der Waals surface area contributed by atoms with Crippen molar-refractivity contribution in [2.45, 2.75) is 20.5 Å². The molecule has 0 amide bonds. The minimum absolute atomic E-state index is 0.338. The number of aromatic carboxylic acids is 1. The molecular weight excluding hydrogens is 242 g/mol. The SMILES string of the molecule is COCc1ccccc1-n1c(C)cc(C(=O)O)c1C. The summed E-state index contributed by atoms with van der Waals surface area (Å²) in [5.41, 5.74) is 3.97. The Morgan fingerprint density at radius 3 is 2.58 bits per heavy atom. The summed E-state index contributed by atoms with van der Waals surface area (Å²) in [5.74, 6) is -0.899. The molecule has 2 rings (SSSR count). The van der Waals surface area contributed by atoms with Crippen LogP contribution in [-0.2, 0) is 11.3 Å². The van der Waals surface area contributed by atoms with Crippen LogP contribution in [0.3, 0.4) is 0 Å². The van der Waals surface area contributed by atoms with Crippen molar-refractivity contribution in [1.82, 2.24) is 4.57 Å². The van der Waals surface area contributed by atoms with E-state index in [2.05, 4.69) is 0 Å². The second kappa shape index (κ2) is 5.28. The quantitative estimate of drug-likeness (QED) is 0.918. The summed E-state index contributed by atoms with van der Waals surface area (Å²) in [6.07, 6.45) is 0. The number of aryl methyl sites for hydroxylation is 1. The number of benzene rings is 1. The Morgan fingerprint density at radius 1 is 1.32 bits per heavy atom. The highest BCUT2D eigenvalue weighted by Crippen LogP contribution is 2.23. The molecule has 2 aromatic rings. The lowest BCUT2D eigenvalue weighted by atomic mass is 10.1. The van der Waals surface area contributed by atoms with Crippen molar-refractivity contribution in [2.75, 3.05) is 7.11 Å². The lowest BCUT2D eigenvalue weighted by Crippen LogP contribution is -2.05. The first-order chi connectivity index (χ1) is 9.06. The normalized spacial score (nSPS) is 10.7. The predicted octanol–water partition coefficient (Wildman–Crippen LogP) is 2.94. The van der Waals surface area contributed by atoms with Gasteiger partial charge >= 0.3 is 5.97 Å². The molecule has 1 heterocycles. The largest absolute Gasteiger partial charge is 0.478 e. The van der Waals surface area contributed by atoms with Gasteiger partial charge in [-0.25, -0.2) is 4.79 Å². The maximum atomic E-state index is 11.2. The number of aromatic nitrogens is 1. The lowest BCUT2D eigenvalue weighted by molar-refractivity contribution is 0.0696. The highest BCUT2D eigenvalue weighted by Gasteiger charge is 2.17. The summed E-state index contributed by atoms with van der Waals surface area (Å²) in [7, 11) is 1.65. The van der Waals surface area contributed by atoms with Crippen LogP contribution in [0.25, 0.3) is 5.69 Å². The van der Waals surface area contributed by atoms with Crippen LogP contribution in [0.15, 0.2) is 30.3 Å². The molecule has 0 aliphatic rings. The number of carbonyl (C=O) groups is 1. The first kappa shape index (κ1) is 13.4. The Balaban J connectivity index is 2.62. The van der Waals surface area contributed by atoms with Crippen molar-refractivity contribution >= 4 is 5.97 Å². The van der Waals surface area contributed by atoms with Crippen LogP contribution in [0.1, 0.15) is 27.3 Å².